The van der Waals surface area contributed by atoms with Crippen LogP contribution in [-0.2, 0) is 4.79 Å². The van der Waals surface area contributed by atoms with Crippen molar-refractivity contribution in [3.05, 3.63) is 51.9 Å². The minimum Gasteiger partial charge on any atom is -0.494 e. The normalized spacial score (nSPS) is 15.7. The Bertz CT molecular complexity index is 1110. The molecule has 1 fully saturated rings. The highest BCUT2D eigenvalue weighted by Crippen LogP contribution is 2.39. The van der Waals surface area contributed by atoms with Gasteiger partial charge in [0.2, 0.25) is 0 Å². The lowest BCUT2D eigenvalue weighted by molar-refractivity contribution is -0.122. The fourth-order valence-corrected chi connectivity index (χ4v) is 4.43. The molecule has 0 aromatic heterocycles. The summed E-state index contributed by atoms with van der Waals surface area (Å²) in [6, 6.07) is 10.9. The highest BCUT2D eigenvalue weighted by atomic mass is 35.5. The number of amides is 1. The quantitative estimate of drug-likeness (QED) is 0.334. The van der Waals surface area contributed by atoms with Gasteiger partial charge in [-0.15, -0.1) is 6.42 Å². The Morgan fingerprint density at radius 1 is 1.21 bits per heavy atom. The molecule has 0 bridgehead atoms. The monoisotopic (exact) mass is 484 g/mol. The van der Waals surface area contributed by atoms with Crippen LogP contribution in [0.2, 0.25) is 5.02 Å². The van der Waals surface area contributed by atoms with Gasteiger partial charge in [0, 0.05) is 6.54 Å². The molecule has 0 aliphatic carbocycles. The van der Waals surface area contributed by atoms with Crippen LogP contribution in [0.3, 0.4) is 0 Å². The number of hydrogen-bond donors (Lipinski definition) is 0. The van der Waals surface area contributed by atoms with E-state index in [1.807, 2.05) is 38.1 Å². The van der Waals surface area contributed by atoms with E-state index < -0.39 is 0 Å². The van der Waals surface area contributed by atoms with Gasteiger partial charge in [-0.1, -0.05) is 24.4 Å². The Hall–Kier alpha value is -3.08. The summed E-state index contributed by atoms with van der Waals surface area (Å²) in [4.78, 5) is 20.0. The van der Waals surface area contributed by atoms with E-state index in [0.717, 1.165) is 17.9 Å². The number of benzene rings is 2. The van der Waals surface area contributed by atoms with Gasteiger partial charge >= 0.3 is 0 Å². The fraction of sp³-hybridized carbons (Fsp3) is 0.280. The Balaban J connectivity index is 1.91. The summed E-state index contributed by atoms with van der Waals surface area (Å²) in [5, 5.41) is 0.977. The van der Waals surface area contributed by atoms with Crippen molar-refractivity contribution >= 4 is 46.2 Å². The zero-order chi connectivity index (χ0) is 23.8. The highest BCUT2D eigenvalue weighted by molar-refractivity contribution is 8.18. The summed E-state index contributed by atoms with van der Waals surface area (Å²) in [5.74, 6) is 3.89. The van der Waals surface area contributed by atoms with Crippen molar-refractivity contribution in [3.8, 4) is 29.6 Å². The van der Waals surface area contributed by atoms with Crippen LogP contribution in [0, 0.1) is 12.3 Å². The average molecular weight is 485 g/mol. The minimum absolute atomic E-state index is 0.0716. The molecule has 0 saturated carbocycles. The minimum atomic E-state index is -0.103. The fourth-order valence-electron chi connectivity index (χ4n) is 3.13. The molecule has 1 aliphatic heterocycles. The van der Waals surface area contributed by atoms with Gasteiger partial charge in [-0.3, -0.25) is 9.69 Å². The van der Waals surface area contributed by atoms with Crippen molar-refractivity contribution in [2.45, 2.75) is 20.3 Å². The van der Waals surface area contributed by atoms with Crippen LogP contribution >= 0.6 is 23.4 Å². The first-order valence-corrected chi connectivity index (χ1v) is 11.7. The van der Waals surface area contributed by atoms with Gasteiger partial charge < -0.3 is 14.2 Å². The topological polar surface area (TPSA) is 60.4 Å². The third kappa shape index (κ3) is 6.04. The predicted octanol–water partition coefficient (Wildman–Crippen LogP) is 5.77. The number of aliphatic imine (C=N–C) groups is 1. The Kier molecular flexibility index (Phi) is 8.70. The van der Waals surface area contributed by atoms with E-state index in [2.05, 4.69) is 5.92 Å². The second kappa shape index (κ2) is 11.7. The van der Waals surface area contributed by atoms with Crippen LogP contribution in [0.1, 0.15) is 25.8 Å². The number of hydrogen-bond acceptors (Lipinski definition) is 6. The van der Waals surface area contributed by atoms with Gasteiger partial charge in [-0.25, -0.2) is 4.99 Å². The van der Waals surface area contributed by atoms with Crippen LogP contribution in [0.5, 0.6) is 17.2 Å². The van der Waals surface area contributed by atoms with E-state index in [1.54, 1.807) is 23.1 Å². The molecule has 6 nitrogen and oxygen atoms in total. The Morgan fingerprint density at radius 3 is 2.61 bits per heavy atom. The lowest BCUT2D eigenvalue weighted by Gasteiger charge is -2.14. The molecule has 2 aromatic rings. The molecule has 172 valence electrons. The molecule has 0 unspecified atom stereocenters. The zero-order valence-corrected chi connectivity index (χ0v) is 20.3. The molecular weight excluding hydrogens is 460 g/mol. The van der Waals surface area contributed by atoms with Gasteiger partial charge in [-0.05, 0) is 73.1 Å². The predicted molar refractivity (Wildman–Crippen MR) is 135 cm³/mol. The number of methoxy groups -OCH3 is 1. The summed E-state index contributed by atoms with van der Waals surface area (Å²) in [6.45, 7) is 5.20. The van der Waals surface area contributed by atoms with Crippen molar-refractivity contribution in [1.82, 2.24) is 4.90 Å². The third-order valence-electron chi connectivity index (χ3n) is 4.56. The number of carbonyl (C=O) groups excluding carboxylic acids is 1. The molecule has 8 heteroatoms. The molecule has 2 aromatic carbocycles. The van der Waals surface area contributed by atoms with Gasteiger partial charge in [-0.2, -0.15) is 0 Å². The molecular formula is C25H25ClN2O4S. The number of carbonyl (C=O) groups is 1. The summed E-state index contributed by atoms with van der Waals surface area (Å²) >= 11 is 7.70. The number of nitrogens with zero attached hydrogens (tertiary/aromatic N) is 2. The van der Waals surface area contributed by atoms with Gasteiger partial charge in [0.25, 0.3) is 5.91 Å². The molecule has 1 aliphatic rings. The second-order valence-corrected chi connectivity index (χ2v) is 8.33. The SMILES string of the molecule is C#CCOc1c(Cl)cc(/C=C2/SC(=Nc3ccc(OCC)cc3)N(CCC)C2=O)cc1OC. The second-order valence-electron chi connectivity index (χ2n) is 6.92. The van der Waals surface area contributed by atoms with Crippen LogP contribution in [0.25, 0.3) is 6.08 Å². The van der Waals surface area contributed by atoms with Crippen molar-refractivity contribution < 1.29 is 19.0 Å². The maximum Gasteiger partial charge on any atom is 0.266 e. The van der Waals surface area contributed by atoms with E-state index in [0.29, 0.717) is 45.3 Å². The van der Waals surface area contributed by atoms with Crippen LogP contribution in [0.4, 0.5) is 5.69 Å². The molecule has 0 spiro atoms. The lowest BCUT2D eigenvalue weighted by Crippen LogP contribution is -2.29. The standard InChI is InChI=1S/C25H25ClN2O4S/c1-5-12-28-24(29)22(33-25(28)27-18-8-10-19(11-9-18)31-7-3)16-17-14-20(26)23(32-13-6-2)21(15-17)30-4/h2,8-11,14-16H,5,7,12-13H2,1,3-4H3/b22-16+,27-25?. The van der Waals surface area contributed by atoms with E-state index >= 15 is 0 Å². The number of terminal acetylenes is 1. The number of rotatable bonds is 9. The molecule has 0 radical (unpaired) electrons. The van der Waals surface area contributed by atoms with Gasteiger partial charge in [0.15, 0.2) is 16.7 Å². The van der Waals surface area contributed by atoms with Crippen LogP contribution in [0.15, 0.2) is 46.3 Å². The van der Waals surface area contributed by atoms with E-state index in [-0.39, 0.29) is 12.5 Å². The van der Waals surface area contributed by atoms with Crippen LogP contribution < -0.4 is 14.2 Å². The summed E-state index contributed by atoms with van der Waals surface area (Å²) in [5.41, 5.74) is 1.45. The van der Waals surface area contributed by atoms with E-state index in [4.69, 9.17) is 37.2 Å². The lowest BCUT2D eigenvalue weighted by atomic mass is 10.1. The Morgan fingerprint density at radius 2 is 1.97 bits per heavy atom. The first kappa shape index (κ1) is 24.6. The molecule has 0 atom stereocenters. The molecule has 1 saturated heterocycles. The van der Waals surface area contributed by atoms with Crippen molar-refractivity contribution in [2.24, 2.45) is 4.99 Å². The number of ether oxygens (including phenoxy) is 3. The largest absolute Gasteiger partial charge is 0.494 e. The molecule has 1 amide bonds. The Labute approximate surface area is 203 Å². The summed E-state index contributed by atoms with van der Waals surface area (Å²) in [6.07, 6.45) is 7.85. The zero-order valence-electron chi connectivity index (χ0n) is 18.8. The first-order valence-electron chi connectivity index (χ1n) is 10.5. The number of amidine groups is 1. The van der Waals surface area contributed by atoms with Crippen LogP contribution in [-0.4, -0.2) is 42.8 Å². The van der Waals surface area contributed by atoms with Crippen molar-refractivity contribution in [3.63, 3.8) is 0 Å². The maximum atomic E-state index is 13.1. The smallest absolute Gasteiger partial charge is 0.266 e. The highest BCUT2D eigenvalue weighted by Gasteiger charge is 2.33. The van der Waals surface area contributed by atoms with Gasteiger partial charge in [0.05, 0.1) is 29.3 Å². The number of halogens is 1. The third-order valence-corrected chi connectivity index (χ3v) is 5.84. The maximum absolute atomic E-state index is 13.1. The van der Waals surface area contributed by atoms with E-state index in [9.17, 15) is 4.79 Å². The average Bonchev–Trinajstić information content (AvgIpc) is 3.08. The summed E-state index contributed by atoms with van der Waals surface area (Å²) < 4.78 is 16.4. The molecule has 1 heterocycles. The number of thioether (sulfide) groups is 1. The van der Waals surface area contributed by atoms with Crippen molar-refractivity contribution in [2.75, 3.05) is 26.9 Å². The van der Waals surface area contributed by atoms with E-state index in [1.165, 1.54) is 18.9 Å². The summed E-state index contributed by atoms with van der Waals surface area (Å²) in [7, 11) is 1.52. The molecule has 3 rings (SSSR count). The van der Waals surface area contributed by atoms with Crippen molar-refractivity contribution in [1.29, 1.82) is 0 Å². The van der Waals surface area contributed by atoms with Gasteiger partial charge in [0.1, 0.15) is 12.4 Å². The molecule has 0 N–H and O–H groups in total. The molecule has 33 heavy (non-hydrogen) atoms. The first-order chi connectivity index (χ1) is 16.0.